The maximum absolute atomic E-state index is 12.5. The first-order valence-electron chi connectivity index (χ1n) is 7.46. The molecule has 1 aliphatic rings. The zero-order chi connectivity index (χ0) is 14.5. The molecule has 0 spiro atoms. The Morgan fingerprint density at radius 3 is 2.75 bits per heavy atom. The van der Waals surface area contributed by atoms with Gasteiger partial charge in [-0.15, -0.1) is 0 Å². The number of ether oxygens (including phenoxy) is 1. The molecule has 1 amide bonds. The minimum atomic E-state index is 0.222. The van der Waals surface area contributed by atoms with E-state index in [9.17, 15) is 4.79 Å². The molecule has 1 saturated heterocycles. The standard InChI is InChI=1S/C15H25N3O2/c1-12(2)18(14-5-8-20-9-6-14)15(19)4-7-17-11-13(3)10-16-17/h10-12,14H,4-9H2,1-3H3. The number of nitrogens with zero attached hydrogens (tertiary/aromatic N) is 3. The van der Waals surface area contributed by atoms with E-state index < -0.39 is 0 Å². The number of hydrogen-bond donors (Lipinski definition) is 0. The summed E-state index contributed by atoms with van der Waals surface area (Å²) in [5.74, 6) is 0.222. The Kier molecular flexibility index (Phi) is 5.17. The third-order valence-corrected chi connectivity index (χ3v) is 3.75. The van der Waals surface area contributed by atoms with Crippen molar-refractivity contribution in [3.63, 3.8) is 0 Å². The van der Waals surface area contributed by atoms with Crippen molar-refractivity contribution >= 4 is 5.91 Å². The van der Waals surface area contributed by atoms with Crippen molar-refractivity contribution in [1.29, 1.82) is 0 Å². The highest BCUT2D eigenvalue weighted by Gasteiger charge is 2.27. The van der Waals surface area contributed by atoms with Gasteiger partial charge in [0.2, 0.25) is 5.91 Å². The van der Waals surface area contributed by atoms with Crippen molar-refractivity contribution < 1.29 is 9.53 Å². The Morgan fingerprint density at radius 2 is 2.20 bits per heavy atom. The molecule has 0 aromatic carbocycles. The van der Waals surface area contributed by atoms with E-state index >= 15 is 0 Å². The van der Waals surface area contributed by atoms with Crippen LogP contribution >= 0.6 is 0 Å². The molecular formula is C15H25N3O2. The molecule has 0 aliphatic carbocycles. The average molecular weight is 279 g/mol. The second-order valence-corrected chi connectivity index (χ2v) is 5.77. The third-order valence-electron chi connectivity index (χ3n) is 3.75. The van der Waals surface area contributed by atoms with Gasteiger partial charge in [0.15, 0.2) is 0 Å². The van der Waals surface area contributed by atoms with E-state index in [1.54, 1.807) is 0 Å². The molecule has 1 aliphatic heterocycles. The fraction of sp³-hybridized carbons (Fsp3) is 0.733. The van der Waals surface area contributed by atoms with E-state index in [0.717, 1.165) is 31.6 Å². The maximum atomic E-state index is 12.5. The first-order valence-corrected chi connectivity index (χ1v) is 7.46. The number of rotatable bonds is 5. The van der Waals surface area contributed by atoms with E-state index in [4.69, 9.17) is 4.74 Å². The van der Waals surface area contributed by atoms with Gasteiger partial charge in [0.25, 0.3) is 0 Å². The lowest BCUT2D eigenvalue weighted by molar-refractivity contribution is -0.138. The van der Waals surface area contributed by atoms with Crippen LogP contribution in [0, 0.1) is 6.92 Å². The van der Waals surface area contributed by atoms with Crippen LogP contribution in [0.3, 0.4) is 0 Å². The van der Waals surface area contributed by atoms with Gasteiger partial charge in [0, 0.05) is 44.5 Å². The lowest BCUT2D eigenvalue weighted by Gasteiger charge is -2.37. The predicted octanol–water partition coefficient (Wildman–Crippen LogP) is 2.00. The van der Waals surface area contributed by atoms with Crippen LogP contribution in [-0.2, 0) is 16.1 Å². The van der Waals surface area contributed by atoms with Gasteiger partial charge < -0.3 is 9.64 Å². The summed E-state index contributed by atoms with van der Waals surface area (Å²) in [6, 6.07) is 0.570. The number of carbonyl (C=O) groups is 1. The lowest BCUT2D eigenvalue weighted by Crippen LogP contribution is -2.47. The Hall–Kier alpha value is -1.36. The van der Waals surface area contributed by atoms with Crippen LogP contribution in [0.15, 0.2) is 12.4 Å². The molecule has 1 aromatic heterocycles. The molecule has 2 heterocycles. The molecule has 0 N–H and O–H groups in total. The molecule has 1 aromatic rings. The molecule has 0 unspecified atom stereocenters. The Labute approximate surface area is 120 Å². The molecule has 0 radical (unpaired) electrons. The van der Waals surface area contributed by atoms with Crippen LogP contribution in [-0.4, -0.2) is 45.9 Å². The fourth-order valence-electron chi connectivity index (χ4n) is 2.81. The van der Waals surface area contributed by atoms with Gasteiger partial charge in [-0.25, -0.2) is 0 Å². The molecule has 112 valence electrons. The first-order chi connectivity index (χ1) is 9.58. The summed E-state index contributed by atoms with van der Waals surface area (Å²) in [6.07, 6.45) is 6.21. The van der Waals surface area contributed by atoms with Crippen molar-refractivity contribution in [2.45, 2.75) is 58.7 Å². The molecule has 2 rings (SSSR count). The molecule has 5 nitrogen and oxygen atoms in total. The van der Waals surface area contributed by atoms with Gasteiger partial charge in [0.1, 0.15) is 0 Å². The fourth-order valence-corrected chi connectivity index (χ4v) is 2.81. The van der Waals surface area contributed by atoms with E-state index in [1.165, 1.54) is 0 Å². The van der Waals surface area contributed by atoms with Crippen molar-refractivity contribution in [2.75, 3.05) is 13.2 Å². The minimum absolute atomic E-state index is 0.222. The summed E-state index contributed by atoms with van der Waals surface area (Å²) in [5, 5.41) is 4.23. The SMILES string of the molecule is Cc1cnn(CCC(=O)N(C(C)C)C2CCOCC2)c1. The highest BCUT2D eigenvalue weighted by Crippen LogP contribution is 2.18. The van der Waals surface area contributed by atoms with Gasteiger partial charge in [-0.2, -0.15) is 5.10 Å². The monoisotopic (exact) mass is 279 g/mol. The van der Waals surface area contributed by atoms with Gasteiger partial charge in [-0.1, -0.05) is 0 Å². The number of aromatic nitrogens is 2. The zero-order valence-electron chi connectivity index (χ0n) is 12.7. The maximum Gasteiger partial charge on any atom is 0.224 e. The Morgan fingerprint density at radius 1 is 1.50 bits per heavy atom. The van der Waals surface area contributed by atoms with Crippen LogP contribution in [0.2, 0.25) is 0 Å². The molecule has 0 saturated carbocycles. The topological polar surface area (TPSA) is 47.4 Å². The second-order valence-electron chi connectivity index (χ2n) is 5.77. The summed E-state index contributed by atoms with van der Waals surface area (Å²) < 4.78 is 7.23. The normalized spacial score (nSPS) is 16.6. The van der Waals surface area contributed by atoms with Crippen molar-refractivity contribution in [2.24, 2.45) is 0 Å². The summed E-state index contributed by atoms with van der Waals surface area (Å²) >= 11 is 0. The Balaban J connectivity index is 1.92. The van der Waals surface area contributed by atoms with Gasteiger partial charge in [0.05, 0.1) is 6.20 Å². The predicted molar refractivity (Wildman–Crippen MR) is 77.4 cm³/mol. The summed E-state index contributed by atoms with van der Waals surface area (Å²) in [5.41, 5.74) is 1.13. The van der Waals surface area contributed by atoms with Crippen molar-refractivity contribution in [1.82, 2.24) is 14.7 Å². The van der Waals surface area contributed by atoms with Crippen LogP contribution in [0.1, 0.15) is 38.7 Å². The van der Waals surface area contributed by atoms with Crippen LogP contribution < -0.4 is 0 Å². The number of aryl methyl sites for hydroxylation is 2. The Bertz CT molecular complexity index is 436. The summed E-state index contributed by atoms with van der Waals surface area (Å²) in [6.45, 7) is 8.36. The van der Waals surface area contributed by atoms with Gasteiger partial charge in [-0.3, -0.25) is 9.48 Å². The molecule has 0 bridgehead atoms. The van der Waals surface area contributed by atoms with Gasteiger partial charge >= 0.3 is 0 Å². The first kappa shape index (κ1) is 15.0. The van der Waals surface area contributed by atoms with E-state index in [1.807, 2.05) is 28.9 Å². The van der Waals surface area contributed by atoms with E-state index in [2.05, 4.69) is 18.9 Å². The number of amides is 1. The number of hydrogen-bond acceptors (Lipinski definition) is 3. The summed E-state index contributed by atoms with van der Waals surface area (Å²) in [4.78, 5) is 14.5. The largest absolute Gasteiger partial charge is 0.381 e. The molecule has 0 atom stereocenters. The van der Waals surface area contributed by atoms with Gasteiger partial charge in [-0.05, 0) is 39.2 Å². The smallest absolute Gasteiger partial charge is 0.224 e. The minimum Gasteiger partial charge on any atom is -0.381 e. The quantitative estimate of drug-likeness (QED) is 0.828. The van der Waals surface area contributed by atoms with Crippen molar-refractivity contribution in [3.05, 3.63) is 18.0 Å². The third kappa shape index (κ3) is 3.82. The molecule has 20 heavy (non-hydrogen) atoms. The second kappa shape index (κ2) is 6.88. The molecular weight excluding hydrogens is 254 g/mol. The van der Waals surface area contributed by atoms with Crippen LogP contribution in [0.4, 0.5) is 0 Å². The lowest BCUT2D eigenvalue weighted by atomic mass is 10.0. The summed E-state index contributed by atoms with van der Waals surface area (Å²) in [7, 11) is 0. The van der Waals surface area contributed by atoms with E-state index in [0.29, 0.717) is 19.0 Å². The highest BCUT2D eigenvalue weighted by atomic mass is 16.5. The molecule has 1 fully saturated rings. The van der Waals surface area contributed by atoms with Crippen molar-refractivity contribution in [3.8, 4) is 0 Å². The van der Waals surface area contributed by atoms with E-state index in [-0.39, 0.29) is 11.9 Å². The zero-order valence-corrected chi connectivity index (χ0v) is 12.7. The molecule has 5 heteroatoms. The average Bonchev–Trinajstić information content (AvgIpc) is 2.83. The van der Waals surface area contributed by atoms with Crippen LogP contribution in [0.25, 0.3) is 0 Å². The van der Waals surface area contributed by atoms with Crippen LogP contribution in [0.5, 0.6) is 0 Å². The number of carbonyl (C=O) groups excluding carboxylic acids is 1. The highest BCUT2D eigenvalue weighted by molar-refractivity contribution is 5.76.